The largest absolute Gasteiger partial charge is 0.317 e. The van der Waals surface area contributed by atoms with Crippen molar-refractivity contribution in [1.29, 1.82) is 0 Å². The highest BCUT2D eigenvalue weighted by Gasteiger charge is 2.36. The third-order valence-electron chi connectivity index (χ3n) is 3.38. The van der Waals surface area contributed by atoms with Crippen molar-refractivity contribution in [3.8, 4) is 0 Å². The Morgan fingerprint density at radius 2 is 1.74 bits per heavy atom. The van der Waals surface area contributed by atoms with Gasteiger partial charge >= 0.3 is 0 Å². The summed E-state index contributed by atoms with van der Waals surface area (Å²) in [4.78, 5) is 0. The molecule has 3 heteroatoms. The molecule has 0 bridgehead atoms. The molecule has 2 nitrogen and oxygen atoms in total. The number of rotatable bonds is 1. The Hall–Kier alpha value is -1.63. The fourth-order valence-electron chi connectivity index (χ4n) is 2.45. The van der Waals surface area contributed by atoms with Crippen LogP contribution in [-0.4, -0.2) is 0 Å². The number of allylic oxidation sites excluding steroid dienone is 1. The van der Waals surface area contributed by atoms with Crippen molar-refractivity contribution >= 4 is 18.0 Å². The molecular formula is C16H15O2P. The summed E-state index contributed by atoms with van der Waals surface area (Å²) in [6.07, 6.45) is 1.91. The molecule has 19 heavy (non-hydrogen) atoms. The van der Waals surface area contributed by atoms with Crippen LogP contribution in [0.5, 0.6) is 0 Å². The van der Waals surface area contributed by atoms with E-state index in [1.807, 2.05) is 67.6 Å². The molecule has 0 aromatic heterocycles. The molecule has 3 rings (SSSR count). The van der Waals surface area contributed by atoms with Crippen LogP contribution in [0.4, 0.5) is 0 Å². The van der Waals surface area contributed by atoms with E-state index in [1.54, 1.807) is 0 Å². The average Bonchev–Trinajstić information content (AvgIpc) is 2.48. The molecule has 0 N–H and O–H groups in total. The van der Waals surface area contributed by atoms with Crippen molar-refractivity contribution < 1.29 is 9.09 Å². The Morgan fingerprint density at radius 1 is 1.05 bits per heavy atom. The molecule has 1 heterocycles. The van der Waals surface area contributed by atoms with Crippen LogP contribution in [-0.2, 0) is 15.7 Å². The summed E-state index contributed by atoms with van der Waals surface area (Å²) in [6, 6.07) is 17.4. The second-order valence-corrected chi connectivity index (χ2v) is 6.85. The molecule has 0 fully saturated rings. The van der Waals surface area contributed by atoms with Gasteiger partial charge in [-0.3, -0.25) is 4.57 Å². The zero-order valence-electron chi connectivity index (χ0n) is 10.7. The molecule has 0 saturated carbocycles. The van der Waals surface area contributed by atoms with Gasteiger partial charge in [0.1, 0.15) is 0 Å². The first-order valence-electron chi connectivity index (χ1n) is 6.31. The number of hydrogen-bond donors (Lipinski definition) is 0. The second kappa shape index (κ2) is 4.80. The van der Waals surface area contributed by atoms with Gasteiger partial charge in [0.25, 0.3) is 7.37 Å². The molecule has 0 spiro atoms. The molecule has 96 valence electrons. The van der Waals surface area contributed by atoms with Crippen LogP contribution in [0.3, 0.4) is 0 Å². The number of benzene rings is 2. The standard InChI is InChI=1S/C16H15O2P/c1-2-16-15-11-7-6-8-13(15)12-18-19(16,17)14-9-4-3-5-10-14/h2-11H,12H2,1H3/b16-2+. The van der Waals surface area contributed by atoms with Crippen molar-refractivity contribution in [3.63, 3.8) is 0 Å². The first kappa shape index (κ1) is 12.4. The fraction of sp³-hybridized carbons (Fsp3) is 0.125. The van der Waals surface area contributed by atoms with Crippen LogP contribution in [0.25, 0.3) is 5.31 Å². The van der Waals surface area contributed by atoms with E-state index >= 15 is 0 Å². The van der Waals surface area contributed by atoms with Crippen molar-refractivity contribution in [2.75, 3.05) is 0 Å². The molecule has 2 aromatic rings. The van der Waals surface area contributed by atoms with Crippen LogP contribution >= 0.6 is 7.37 Å². The minimum atomic E-state index is -2.95. The van der Waals surface area contributed by atoms with Crippen LogP contribution in [0.2, 0.25) is 0 Å². The molecule has 1 atom stereocenters. The SMILES string of the molecule is C/C=C1\c2ccccc2COP1(=O)c1ccccc1. The second-order valence-electron chi connectivity index (χ2n) is 4.49. The predicted molar refractivity (Wildman–Crippen MR) is 78.6 cm³/mol. The van der Waals surface area contributed by atoms with Gasteiger partial charge in [-0.1, -0.05) is 48.5 Å². The van der Waals surface area contributed by atoms with Gasteiger partial charge in [0.05, 0.1) is 6.61 Å². The molecular weight excluding hydrogens is 255 g/mol. The first-order chi connectivity index (χ1) is 9.25. The summed E-state index contributed by atoms with van der Waals surface area (Å²) >= 11 is 0. The summed E-state index contributed by atoms with van der Waals surface area (Å²) in [6.45, 7) is 2.32. The monoisotopic (exact) mass is 270 g/mol. The lowest BCUT2D eigenvalue weighted by molar-refractivity contribution is 0.312. The Morgan fingerprint density at radius 3 is 2.47 bits per heavy atom. The quantitative estimate of drug-likeness (QED) is 0.726. The van der Waals surface area contributed by atoms with Gasteiger partial charge in [-0.25, -0.2) is 0 Å². The van der Waals surface area contributed by atoms with E-state index in [0.29, 0.717) is 6.61 Å². The molecule has 0 radical (unpaired) electrons. The molecule has 0 saturated heterocycles. The van der Waals surface area contributed by atoms with E-state index in [9.17, 15) is 4.57 Å². The minimum Gasteiger partial charge on any atom is -0.317 e. The number of hydrogen-bond acceptors (Lipinski definition) is 2. The predicted octanol–water partition coefficient (Wildman–Crippen LogP) is 4.18. The summed E-state index contributed by atoms with van der Waals surface area (Å²) in [5, 5.41) is 1.57. The summed E-state index contributed by atoms with van der Waals surface area (Å²) in [5.41, 5.74) is 2.14. The first-order valence-corrected chi connectivity index (χ1v) is 7.93. The maximum Gasteiger partial charge on any atom is 0.261 e. The van der Waals surface area contributed by atoms with Crippen LogP contribution in [0, 0.1) is 0 Å². The van der Waals surface area contributed by atoms with Gasteiger partial charge in [0, 0.05) is 10.6 Å². The van der Waals surface area contributed by atoms with E-state index in [0.717, 1.165) is 21.7 Å². The van der Waals surface area contributed by atoms with Gasteiger partial charge in [-0.15, -0.1) is 0 Å². The van der Waals surface area contributed by atoms with Crippen LogP contribution in [0.15, 0.2) is 60.7 Å². The summed E-state index contributed by atoms with van der Waals surface area (Å²) < 4.78 is 19.0. The van der Waals surface area contributed by atoms with Crippen molar-refractivity contribution in [2.45, 2.75) is 13.5 Å². The molecule has 1 aliphatic heterocycles. The third-order valence-corrected chi connectivity index (χ3v) is 5.99. The minimum absolute atomic E-state index is 0.402. The van der Waals surface area contributed by atoms with Crippen LogP contribution < -0.4 is 5.30 Å². The zero-order chi connectivity index (χ0) is 13.3. The molecule has 0 aliphatic carbocycles. The molecule has 2 aromatic carbocycles. The smallest absolute Gasteiger partial charge is 0.261 e. The van der Waals surface area contributed by atoms with Crippen molar-refractivity contribution in [2.24, 2.45) is 0 Å². The fourth-order valence-corrected chi connectivity index (χ4v) is 4.78. The van der Waals surface area contributed by atoms with Gasteiger partial charge in [0.15, 0.2) is 0 Å². The molecule has 1 aliphatic rings. The van der Waals surface area contributed by atoms with Crippen LogP contribution in [0.1, 0.15) is 18.1 Å². The van der Waals surface area contributed by atoms with Crippen molar-refractivity contribution in [3.05, 3.63) is 71.8 Å². The topological polar surface area (TPSA) is 26.3 Å². The van der Waals surface area contributed by atoms with Gasteiger partial charge in [0.2, 0.25) is 0 Å². The Balaban J connectivity index is 2.19. The van der Waals surface area contributed by atoms with E-state index in [4.69, 9.17) is 4.52 Å². The van der Waals surface area contributed by atoms with E-state index in [1.165, 1.54) is 0 Å². The van der Waals surface area contributed by atoms with Gasteiger partial charge in [-0.2, -0.15) is 0 Å². The normalized spacial score (nSPS) is 24.2. The Labute approximate surface area is 113 Å². The van der Waals surface area contributed by atoms with Crippen molar-refractivity contribution in [1.82, 2.24) is 0 Å². The maximum absolute atomic E-state index is 13.3. The Kier molecular flexibility index (Phi) is 3.14. The maximum atomic E-state index is 13.3. The Bertz CT molecular complexity index is 674. The highest BCUT2D eigenvalue weighted by Crippen LogP contribution is 2.62. The summed E-state index contributed by atoms with van der Waals surface area (Å²) in [5.74, 6) is 0. The van der Waals surface area contributed by atoms with E-state index in [2.05, 4.69) is 0 Å². The highest BCUT2D eigenvalue weighted by atomic mass is 31.2. The summed E-state index contributed by atoms with van der Waals surface area (Å²) in [7, 11) is -2.95. The highest BCUT2D eigenvalue weighted by molar-refractivity contribution is 7.77. The molecule has 1 unspecified atom stereocenters. The lowest BCUT2D eigenvalue weighted by atomic mass is 10.1. The lowest BCUT2D eigenvalue weighted by Gasteiger charge is -2.28. The van der Waals surface area contributed by atoms with E-state index in [-0.39, 0.29) is 0 Å². The van der Waals surface area contributed by atoms with Gasteiger partial charge < -0.3 is 4.52 Å². The number of fused-ring (bicyclic) bond motifs is 1. The zero-order valence-corrected chi connectivity index (χ0v) is 11.6. The van der Waals surface area contributed by atoms with E-state index < -0.39 is 7.37 Å². The molecule has 0 amide bonds. The lowest BCUT2D eigenvalue weighted by Crippen LogP contribution is -2.14. The third kappa shape index (κ3) is 1.98. The average molecular weight is 270 g/mol. The van der Waals surface area contributed by atoms with Gasteiger partial charge in [-0.05, 0) is 30.2 Å².